The zero-order chi connectivity index (χ0) is 17.8. The van der Waals surface area contributed by atoms with Crippen LogP contribution in [0.25, 0.3) is 6.08 Å². The number of halogens is 1. The van der Waals surface area contributed by atoms with Crippen LogP contribution in [0.4, 0.5) is 0 Å². The minimum Gasteiger partial charge on any atom is -0.489 e. The molecule has 0 unspecified atom stereocenters. The number of benzene rings is 2. The number of carbonyl (C=O) groups excluding carboxylic acids is 1. The van der Waals surface area contributed by atoms with E-state index < -0.39 is 5.97 Å². The van der Waals surface area contributed by atoms with Gasteiger partial charge in [-0.3, -0.25) is 0 Å². The summed E-state index contributed by atoms with van der Waals surface area (Å²) in [4.78, 5) is 16.4. The Kier molecular flexibility index (Phi) is 5.00. The standard InChI is InChI=1S/C20H16ClNO3/c1-13(2)12-24-18-6-4-3-5-15(18)11-17-20(23)25-19(22-17)14-7-9-16(21)10-8-14/h3-11H,1,12H2,2H3/b17-11+. The molecule has 0 aromatic heterocycles. The number of carbonyl (C=O) groups is 1. The number of rotatable bonds is 5. The Morgan fingerprint density at radius 1 is 1.24 bits per heavy atom. The molecule has 126 valence electrons. The molecule has 5 heteroatoms. The molecule has 1 aliphatic heterocycles. The van der Waals surface area contributed by atoms with Crippen LogP contribution in [-0.2, 0) is 9.53 Å². The van der Waals surface area contributed by atoms with E-state index in [9.17, 15) is 4.79 Å². The second-order valence-electron chi connectivity index (χ2n) is 5.63. The summed E-state index contributed by atoms with van der Waals surface area (Å²) in [5, 5.41) is 0.605. The molecule has 0 bridgehead atoms. The van der Waals surface area contributed by atoms with Crippen LogP contribution in [0.15, 0.2) is 71.4 Å². The average molecular weight is 354 g/mol. The van der Waals surface area contributed by atoms with Crippen molar-refractivity contribution in [3.63, 3.8) is 0 Å². The molecule has 0 atom stereocenters. The van der Waals surface area contributed by atoms with E-state index in [4.69, 9.17) is 21.1 Å². The molecule has 0 amide bonds. The highest BCUT2D eigenvalue weighted by Gasteiger charge is 2.24. The number of esters is 1. The van der Waals surface area contributed by atoms with E-state index in [1.165, 1.54) is 0 Å². The van der Waals surface area contributed by atoms with Crippen LogP contribution < -0.4 is 4.74 Å². The second-order valence-corrected chi connectivity index (χ2v) is 6.06. The summed E-state index contributed by atoms with van der Waals surface area (Å²) in [6, 6.07) is 14.4. The Balaban J connectivity index is 1.89. The predicted molar refractivity (Wildman–Crippen MR) is 98.8 cm³/mol. The quantitative estimate of drug-likeness (QED) is 0.447. The number of hydrogen-bond acceptors (Lipinski definition) is 4. The number of aliphatic imine (C=N–C) groups is 1. The SMILES string of the molecule is C=C(C)COc1ccccc1/C=C1/N=C(c2ccc(Cl)cc2)OC1=O. The monoisotopic (exact) mass is 353 g/mol. The van der Waals surface area contributed by atoms with Crippen molar-refractivity contribution in [1.82, 2.24) is 0 Å². The summed E-state index contributed by atoms with van der Waals surface area (Å²) in [6.45, 7) is 6.11. The first-order valence-electron chi connectivity index (χ1n) is 7.67. The number of cyclic esters (lactones) is 1. The molecule has 0 saturated carbocycles. The maximum absolute atomic E-state index is 12.1. The molecule has 25 heavy (non-hydrogen) atoms. The second kappa shape index (κ2) is 7.36. The Labute approximate surface area is 151 Å². The van der Waals surface area contributed by atoms with Crippen molar-refractivity contribution < 1.29 is 14.3 Å². The Morgan fingerprint density at radius 3 is 2.68 bits per heavy atom. The highest BCUT2D eigenvalue weighted by Crippen LogP contribution is 2.25. The van der Waals surface area contributed by atoms with Gasteiger partial charge in [-0.15, -0.1) is 0 Å². The van der Waals surface area contributed by atoms with Crippen molar-refractivity contribution in [2.75, 3.05) is 6.61 Å². The van der Waals surface area contributed by atoms with Crippen molar-refractivity contribution in [2.45, 2.75) is 6.92 Å². The Hall–Kier alpha value is -2.85. The van der Waals surface area contributed by atoms with Gasteiger partial charge in [-0.1, -0.05) is 36.4 Å². The van der Waals surface area contributed by atoms with Crippen molar-refractivity contribution >= 4 is 29.5 Å². The summed E-state index contributed by atoms with van der Waals surface area (Å²) >= 11 is 5.87. The van der Waals surface area contributed by atoms with E-state index >= 15 is 0 Å². The first kappa shape index (κ1) is 17.0. The molecular formula is C20H16ClNO3. The third kappa shape index (κ3) is 4.17. The third-order valence-corrected chi connectivity index (χ3v) is 3.65. The summed E-state index contributed by atoms with van der Waals surface area (Å²) in [5.41, 5.74) is 2.56. The van der Waals surface area contributed by atoms with E-state index in [0.717, 1.165) is 11.1 Å². The Bertz CT molecular complexity index is 882. The lowest BCUT2D eigenvalue weighted by atomic mass is 10.1. The van der Waals surface area contributed by atoms with Gasteiger partial charge in [0.2, 0.25) is 5.90 Å². The van der Waals surface area contributed by atoms with Crippen LogP contribution in [0.5, 0.6) is 5.75 Å². The average Bonchev–Trinajstić information content (AvgIpc) is 2.95. The van der Waals surface area contributed by atoms with Gasteiger partial charge in [0.1, 0.15) is 12.4 Å². The van der Waals surface area contributed by atoms with Crippen molar-refractivity contribution in [3.05, 3.63) is 82.5 Å². The van der Waals surface area contributed by atoms with E-state index in [0.29, 0.717) is 22.9 Å². The molecule has 3 rings (SSSR count). The molecular weight excluding hydrogens is 338 g/mol. The van der Waals surface area contributed by atoms with Crippen LogP contribution >= 0.6 is 11.6 Å². The number of para-hydroxylation sites is 1. The lowest BCUT2D eigenvalue weighted by Crippen LogP contribution is -2.05. The van der Waals surface area contributed by atoms with Crippen molar-refractivity contribution in [1.29, 1.82) is 0 Å². The highest BCUT2D eigenvalue weighted by molar-refractivity contribution is 6.30. The lowest BCUT2D eigenvalue weighted by molar-refractivity contribution is -0.129. The number of nitrogens with zero attached hydrogens (tertiary/aromatic N) is 1. The van der Waals surface area contributed by atoms with Crippen LogP contribution in [0.3, 0.4) is 0 Å². The van der Waals surface area contributed by atoms with E-state index in [-0.39, 0.29) is 11.6 Å². The molecule has 2 aromatic carbocycles. The zero-order valence-electron chi connectivity index (χ0n) is 13.7. The number of hydrogen-bond donors (Lipinski definition) is 0. The first-order chi connectivity index (χ1) is 12.0. The lowest BCUT2D eigenvalue weighted by Gasteiger charge is -2.08. The zero-order valence-corrected chi connectivity index (χ0v) is 14.4. The number of ether oxygens (including phenoxy) is 2. The van der Waals surface area contributed by atoms with E-state index in [1.807, 2.05) is 31.2 Å². The fraction of sp³-hybridized carbons (Fsp3) is 0.100. The van der Waals surface area contributed by atoms with Crippen LogP contribution in [0.2, 0.25) is 5.02 Å². The van der Waals surface area contributed by atoms with Crippen molar-refractivity contribution in [3.8, 4) is 5.75 Å². The van der Waals surface area contributed by atoms with E-state index in [2.05, 4.69) is 11.6 Å². The molecule has 0 spiro atoms. The molecule has 0 radical (unpaired) electrons. The smallest absolute Gasteiger partial charge is 0.363 e. The normalized spacial score (nSPS) is 15.0. The summed E-state index contributed by atoms with van der Waals surface area (Å²) < 4.78 is 11.0. The summed E-state index contributed by atoms with van der Waals surface area (Å²) in [6.07, 6.45) is 1.65. The van der Waals surface area contributed by atoms with Crippen LogP contribution in [-0.4, -0.2) is 18.5 Å². The van der Waals surface area contributed by atoms with Gasteiger partial charge >= 0.3 is 5.97 Å². The minimum absolute atomic E-state index is 0.219. The molecule has 0 saturated heterocycles. The fourth-order valence-electron chi connectivity index (χ4n) is 2.20. The van der Waals surface area contributed by atoms with Gasteiger partial charge in [0.25, 0.3) is 0 Å². The van der Waals surface area contributed by atoms with Gasteiger partial charge in [-0.25, -0.2) is 9.79 Å². The Morgan fingerprint density at radius 2 is 1.96 bits per heavy atom. The molecule has 2 aromatic rings. The summed E-state index contributed by atoms with van der Waals surface area (Å²) in [5.74, 6) is 0.411. The highest BCUT2D eigenvalue weighted by atomic mass is 35.5. The largest absolute Gasteiger partial charge is 0.489 e. The topological polar surface area (TPSA) is 47.9 Å². The minimum atomic E-state index is -0.500. The van der Waals surface area contributed by atoms with Gasteiger partial charge < -0.3 is 9.47 Å². The van der Waals surface area contributed by atoms with Gasteiger partial charge in [-0.05, 0) is 48.9 Å². The predicted octanol–water partition coefficient (Wildman–Crippen LogP) is 4.64. The first-order valence-corrected chi connectivity index (χ1v) is 8.05. The maximum atomic E-state index is 12.1. The van der Waals surface area contributed by atoms with E-state index in [1.54, 1.807) is 30.3 Å². The summed E-state index contributed by atoms with van der Waals surface area (Å²) in [7, 11) is 0. The van der Waals surface area contributed by atoms with Crippen LogP contribution in [0, 0.1) is 0 Å². The third-order valence-electron chi connectivity index (χ3n) is 3.40. The van der Waals surface area contributed by atoms with Gasteiger partial charge in [-0.2, -0.15) is 0 Å². The van der Waals surface area contributed by atoms with Crippen molar-refractivity contribution in [2.24, 2.45) is 4.99 Å². The molecule has 1 heterocycles. The molecule has 0 N–H and O–H groups in total. The molecule has 4 nitrogen and oxygen atoms in total. The van der Waals surface area contributed by atoms with Gasteiger partial charge in [0.15, 0.2) is 5.70 Å². The van der Waals surface area contributed by atoms with Gasteiger partial charge in [0, 0.05) is 16.1 Å². The van der Waals surface area contributed by atoms with Gasteiger partial charge in [0.05, 0.1) is 0 Å². The molecule has 0 aliphatic carbocycles. The molecule has 1 aliphatic rings. The van der Waals surface area contributed by atoms with Crippen LogP contribution in [0.1, 0.15) is 18.1 Å². The fourth-order valence-corrected chi connectivity index (χ4v) is 2.33. The molecule has 0 fully saturated rings. The maximum Gasteiger partial charge on any atom is 0.363 e.